The molecule has 1 rings (SSSR count). The van der Waals surface area contributed by atoms with Gasteiger partial charge in [0.15, 0.2) is 0 Å². The highest BCUT2D eigenvalue weighted by atomic mass is 16.1. The normalized spacial score (nSPS) is 26.4. The van der Waals surface area contributed by atoms with Crippen LogP contribution in [0.3, 0.4) is 0 Å². The van der Waals surface area contributed by atoms with Gasteiger partial charge >= 0.3 is 0 Å². The maximum absolute atomic E-state index is 11.5. The van der Waals surface area contributed by atoms with Crippen molar-refractivity contribution >= 4 is 12.1 Å². The minimum Gasteiger partial charge on any atom is -0.303 e. The van der Waals surface area contributed by atoms with Crippen LogP contribution in [-0.4, -0.2) is 12.1 Å². The lowest BCUT2D eigenvalue weighted by Gasteiger charge is -2.27. The third-order valence-corrected chi connectivity index (χ3v) is 3.69. The van der Waals surface area contributed by atoms with Crippen molar-refractivity contribution in [3.8, 4) is 0 Å². The van der Waals surface area contributed by atoms with Crippen molar-refractivity contribution < 1.29 is 9.59 Å². The van der Waals surface area contributed by atoms with Crippen LogP contribution >= 0.6 is 0 Å². The molecule has 0 radical (unpaired) electrons. The lowest BCUT2D eigenvalue weighted by Crippen LogP contribution is -2.26. The molecule has 0 aromatic rings. The second-order valence-corrected chi connectivity index (χ2v) is 5.61. The van der Waals surface area contributed by atoms with E-state index >= 15 is 0 Å². The molecular weight excluding hydrogens is 212 g/mol. The van der Waals surface area contributed by atoms with E-state index in [2.05, 4.69) is 26.8 Å². The van der Waals surface area contributed by atoms with Crippen molar-refractivity contribution in [2.75, 3.05) is 0 Å². The first kappa shape index (κ1) is 14.1. The van der Waals surface area contributed by atoms with Gasteiger partial charge < -0.3 is 4.79 Å². The standard InChI is InChI=1S/C15H24O2/c1-11(2)5-4-6-12(3)15-9-14(17)8-7-13(15)10-16/h6,10-11,13,15H,4-5,7-9H2,1-3H3/b12-6+/t13-,15-/m1/s1. The molecule has 0 aliphatic heterocycles. The summed E-state index contributed by atoms with van der Waals surface area (Å²) in [4.78, 5) is 22.5. The Morgan fingerprint density at radius 1 is 1.47 bits per heavy atom. The molecule has 1 aliphatic carbocycles. The van der Waals surface area contributed by atoms with Gasteiger partial charge in [-0.2, -0.15) is 0 Å². The summed E-state index contributed by atoms with van der Waals surface area (Å²) >= 11 is 0. The van der Waals surface area contributed by atoms with E-state index in [9.17, 15) is 9.59 Å². The first-order valence-corrected chi connectivity index (χ1v) is 6.68. The van der Waals surface area contributed by atoms with E-state index in [1.807, 2.05) is 0 Å². The van der Waals surface area contributed by atoms with E-state index in [1.165, 1.54) is 12.0 Å². The number of carbonyl (C=O) groups is 2. The van der Waals surface area contributed by atoms with E-state index in [-0.39, 0.29) is 11.8 Å². The van der Waals surface area contributed by atoms with Gasteiger partial charge in [-0.15, -0.1) is 0 Å². The molecule has 96 valence electrons. The fraction of sp³-hybridized carbons (Fsp3) is 0.733. The molecule has 1 aliphatic rings. The van der Waals surface area contributed by atoms with Gasteiger partial charge in [0.05, 0.1) is 0 Å². The number of Topliss-reactive ketones (excluding diaryl/α,β-unsaturated/α-hetero) is 1. The number of carbonyl (C=O) groups excluding carboxylic acids is 2. The summed E-state index contributed by atoms with van der Waals surface area (Å²) in [6.45, 7) is 6.49. The predicted molar refractivity (Wildman–Crippen MR) is 69.7 cm³/mol. The van der Waals surface area contributed by atoms with E-state index in [1.54, 1.807) is 0 Å². The van der Waals surface area contributed by atoms with Crippen LogP contribution in [0.4, 0.5) is 0 Å². The largest absolute Gasteiger partial charge is 0.303 e. The molecule has 2 atom stereocenters. The van der Waals surface area contributed by atoms with Gasteiger partial charge in [0.25, 0.3) is 0 Å². The maximum atomic E-state index is 11.5. The average molecular weight is 236 g/mol. The third-order valence-electron chi connectivity index (χ3n) is 3.69. The summed E-state index contributed by atoms with van der Waals surface area (Å²) in [5, 5.41) is 0. The van der Waals surface area contributed by atoms with Crippen LogP contribution in [0, 0.1) is 17.8 Å². The highest BCUT2D eigenvalue weighted by Gasteiger charge is 2.29. The van der Waals surface area contributed by atoms with Crippen LogP contribution in [0.5, 0.6) is 0 Å². The molecule has 0 spiro atoms. The number of rotatable bonds is 5. The highest BCUT2D eigenvalue weighted by Crippen LogP contribution is 2.32. The maximum Gasteiger partial charge on any atom is 0.133 e. The van der Waals surface area contributed by atoms with Gasteiger partial charge in [0, 0.05) is 18.8 Å². The van der Waals surface area contributed by atoms with Crippen LogP contribution in [0.1, 0.15) is 52.9 Å². The monoisotopic (exact) mass is 236 g/mol. The fourth-order valence-electron chi connectivity index (χ4n) is 2.48. The zero-order valence-corrected chi connectivity index (χ0v) is 11.2. The summed E-state index contributed by atoms with van der Waals surface area (Å²) in [5.41, 5.74) is 1.23. The lowest BCUT2D eigenvalue weighted by atomic mass is 9.75. The van der Waals surface area contributed by atoms with E-state index in [4.69, 9.17) is 0 Å². The summed E-state index contributed by atoms with van der Waals surface area (Å²) in [6.07, 6.45) is 7.37. The van der Waals surface area contributed by atoms with E-state index in [0.717, 1.165) is 19.1 Å². The number of hydrogen-bond donors (Lipinski definition) is 0. The van der Waals surface area contributed by atoms with Crippen molar-refractivity contribution in [1.82, 2.24) is 0 Å². The number of hydrogen-bond acceptors (Lipinski definition) is 2. The smallest absolute Gasteiger partial charge is 0.133 e. The highest BCUT2D eigenvalue weighted by molar-refractivity contribution is 5.81. The van der Waals surface area contributed by atoms with Crippen molar-refractivity contribution in [2.45, 2.75) is 52.9 Å². The molecule has 17 heavy (non-hydrogen) atoms. The molecular formula is C15H24O2. The molecule has 0 unspecified atom stereocenters. The molecule has 0 saturated heterocycles. The molecule has 2 heteroatoms. The Balaban J connectivity index is 2.60. The second-order valence-electron chi connectivity index (χ2n) is 5.61. The van der Waals surface area contributed by atoms with Gasteiger partial charge in [-0.25, -0.2) is 0 Å². The van der Waals surface area contributed by atoms with Gasteiger partial charge in [-0.1, -0.05) is 25.5 Å². The molecule has 1 fully saturated rings. The van der Waals surface area contributed by atoms with Gasteiger partial charge in [-0.05, 0) is 38.0 Å². The third kappa shape index (κ3) is 4.45. The lowest BCUT2D eigenvalue weighted by molar-refractivity contribution is -0.124. The Morgan fingerprint density at radius 2 is 2.18 bits per heavy atom. The molecule has 0 amide bonds. The summed E-state index contributed by atoms with van der Waals surface area (Å²) in [5.74, 6) is 1.24. The van der Waals surface area contributed by atoms with Gasteiger partial charge in [0.2, 0.25) is 0 Å². The molecule has 0 aromatic heterocycles. The topological polar surface area (TPSA) is 34.1 Å². The van der Waals surface area contributed by atoms with Crippen LogP contribution in [0.2, 0.25) is 0 Å². The molecule has 0 bridgehead atoms. The summed E-state index contributed by atoms with van der Waals surface area (Å²) in [7, 11) is 0. The predicted octanol–water partition coefficient (Wildman–Crippen LogP) is 3.55. The number of ketones is 1. The summed E-state index contributed by atoms with van der Waals surface area (Å²) < 4.78 is 0. The first-order chi connectivity index (χ1) is 8.04. The Bertz CT molecular complexity index is 302. The Labute approximate surface area is 104 Å². The molecule has 0 heterocycles. The number of aldehydes is 1. The Hall–Kier alpha value is -0.920. The number of allylic oxidation sites excluding steroid dienone is 2. The van der Waals surface area contributed by atoms with Crippen molar-refractivity contribution in [1.29, 1.82) is 0 Å². The zero-order valence-electron chi connectivity index (χ0n) is 11.2. The molecule has 1 saturated carbocycles. The first-order valence-electron chi connectivity index (χ1n) is 6.68. The van der Waals surface area contributed by atoms with Crippen molar-refractivity contribution in [2.24, 2.45) is 17.8 Å². The summed E-state index contributed by atoms with van der Waals surface area (Å²) in [6, 6.07) is 0. The minimum atomic E-state index is 0.0583. The fourth-order valence-corrected chi connectivity index (χ4v) is 2.48. The van der Waals surface area contributed by atoms with Crippen LogP contribution < -0.4 is 0 Å². The van der Waals surface area contributed by atoms with Crippen molar-refractivity contribution in [3.63, 3.8) is 0 Å². The molecule has 0 N–H and O–H groups in total. The molecule has 0 aromatic carbocycles. The van der Waals surface area contributed by atoms with Gasteiger partial charge in [-0.3, -0.25) is 4.79 Å². The second kappa shape index (κ2) is 6.73. The van der Waals surface area contributed by atoms with Crippen LogP contribution in [0.15, 0.2) is 11.6 Å². The van der Waals surface area contributed by atoms with E-state index < -0.39 is 0 Å². The average Bonchev–Trinajstić information content (AvgIpc) is 2.28. The minimum absolute atomic E-state index is 0.0583. The Morgan fingerprint density at radius 3 is 2.76 bits per heavy atom. The zero-order chi connectivity index (χ0) is 12.8. The van der Waals surface area contributed by atoms with Crippen molar-refractivity contribution in [3.05, 3.63) is 11.6 Å². The quantitative estimate of drug-likeness (QED) is 0.540. The van der Waals surface area contributed by atoms with Gasteiger partial charge in [0.1, 0.15) is 12.1 Å². The van der Waals surface area contributed by atoms with Crippen LogP contribution in [-0.2, 0) is 9.59 Å². The molecule has 2 nitrogen and oxygen atoms in total. The Kier molecular flexibility index (Phi) is 5.60. The van der Waals surface area contributed by atoms with Crippen LogP contribution in [0.25, 0.3) is 0 Å². The SMILES string of the molecule is C/C(=C\CCC(C)C)[C@H]1CC(=O)CC[C@@H]1C=O. The van der Waals surface area contributed by atoms with E-state index in [0.29, 0.717) is 24.5 Å².